The van der Waals surface area contributed by atoms with Crippen molar-refractivity contribution in [1.29, 1.82) is 0 Å². The first-order valence-electron chi connectivity index (χ1n) is 7.53. The van der Waals surface area contributed by atoms with E-state index in [1.807, 2.05) is 0 Å². The topological polar surface area (TPSA) is 135 Å². The van der Waals surface area contributed by atoms with Crippen molar-refractivity contribution in [1.82, 2.24) is 20.4 Å². The fourth-order valence-corrected chi connectivity index (χ4v) is 2.11. The maximum Gasteiger partial charge on any atom is 0.355 e. The van der Waals surface area contributed by atoms with Crippen LogP contribution in [-0.2, 0) is 0 Å². The van der Waals surface area contributed by atoms with Gasteiger partial charge in [-0.1, -0.05) is 12.1 Å². The van der Waals surface area contributed by atoms with Crippen LogP contribution in [0.1, 0.15) is 10.4 Å². The lowest BCUT2D eigenvalue weighted by atomic mass is 10.3. The molecule has 0 atom stereocenters. The first-order valence-corrected chi connectivity index (χ1v) is 7.53. The Balaban J connectivity index is 1.84. The molecule has 27 heavy (non-hydrogen) atoms. The highest BCUT2D eigenvalue weighted by atomic mass is 19.1. The third-order valence-corrected chi connectivity index (χ3v) is 3.35. The highest BCUT2D eigenvalue weighted by molar-refractivity contribution is 5.94. The second-order valence-electron chi connectivity index (χ2n) is 5.10. The standard InChI is InChI=1S/C16H12FN7O3/c17-11-5-1-2-6-12(11)21-14-13(24(26)27)15(20-9-19-14)22-23-16(25)10-4-3-7-18-8-10/h1-9H,(H,23,25)(H2,19,20,21,22). The Morgan fingerprint density at radius 2 is 1.89 bits per heavy atom. The molecule has 3 aromatic rings. The number of pyridine rings is 1. The summed E-state index contributed by atoms with van der Waals surface area (Å²) in [6.45, 7) is 0. The first kappa shape index (κ1) is 17.7. The number of hydrazine groups is 1. The number of halogens is 1. The molecule has 0 aliphatic carbocycles. The molecule has 0 fully saturated rings. The van der Waals surface area contributed by atoms with Crippen molar-refractivity contribution in [2.24, 2.45) is 0 Å². The summed E-state index contributed by atoms with van der Waals surface area (Å²) in [4.78, 5) is 34.1. The second kappa shape index (κ2) is 7.82. The Labute approximate surface area is 151 Å². The van der Waals surface area contributed by atoms with E-state index in [2.05, 4.69) is 31.1 Å². The molecule has 0 bridgehead atoms. The van der Waals surface area contributed by atoms with Gasteiger partial charge < -0.3 is 5.32 Å². The molecule has 1 aromatic carbocycles. The molecular weight excluding hydrogens is 357 g/mol. The van der Waals surface area contributed by atoms with Gasteiger partial charge in [0.2, 0.25) is 11.6 Å². The van der Waals surface area contributed by atoms with Crippen molar-refractivity contribution in [3.05, 3.63) is 76.6 Å². The van der Waals surface area contributed by atoms with E-state index < -0.39 is 22.3 Å². The van der Waals surface area contributed by atoms with Gasteiger partial charge in [0.05, 0.1) is 16.2 Å². The maximum absolute atomic E-state index is 13.8. The van der Waals surface area contributed by atoms with Gasteiger partial charge in [-0.3, -0.25) is 30.7 Å². The fraction of sp³-hybridized carbons (Fsp3) is 0. The Bertz CT molecular complexity index is 985. The summed E-state index contributed by atoms with van der Waals surface area (Å²) in [5, 5.41) is 14.0. The van der Waals surface area contributed by atoms with Crippen molar-refractivity contribution in [2.75, 3.05) is 10.7 Å². The number of hydrogen-bond donors (Lipinski definition) is 3. The quantitative estimate of drug-likeness (QED) is 0.445. The highest BCUT2D eigenvalue weighted by Gasteiger charge is 2.24. The highest BCUT2D eigenvalue weighted by Crippen LogP contribution is 2.31. The van der Waals surface area contributed by atoms with Crippen molar-refractivity contribution >= 4 is 28.9 Å². The fourth-order valence-electron chi connectivity index (χ4n) is 2.11. The van der Waals surface area contributed by atoms with Crippen LogP contribution < -0.4 is 16.2 Å². The predicted octanol–water partition coefficient (Wildman–Crippen LogP) is 2.42. The molecule has 2 aromatic heterocycles. The van der Waals surface area contributed by atoms with Gasteiger partial charge in [-0.25, -0.2) is 14.4 Å². The summed E-state index contributed by atoms with van der Waals surface area (Å²) in [5.41, 5.74) is 4.35. The van der Waals surface area contributed by atoms with Gasteiger partial charge in [-0.2, -0.15) is 0 Å². The van der Waals surface area contributed by atoms with Crippen molar-refractivity contribution in [3.8, 4) is 0 Å². The lowest BCUT2D eigenvalue weighted by molar-refractivity contribution is -0.383. The van der Waals surface area contributed by atoms with E-state index in [1.165, 1.54) is 36.7 Å². The van der Waals surface area contributed by atoms with Crippen molar-refractivity contribution in [3.63, 3.8) is 0 Å². The van der Waals surface area contributed by atoms with Gasteiger partial charge >= 0.3 is 5.69 Å². The van der Waals surface area contributed by atoms with Crippen LogP contribution in [0.5, 0.6) is 0 Å². The summed E-state index contributed by atoms with van der Waals surface area (Å²) >= 11 is 0. The minimum atomic E-state index is -0.748. The van der Waals surface area contributed by atoms with E-state index in [0.29, 0.717) is 0 Å². The molecule has 3 N–H and O–H groups in total. The number of hydrogen-bond acceptors (Lipinski definition) is 8. The average molecular weight is 369 g/mol. The molecule has 0 aliphatic rings. The predicted molar refractivity (Wildman–Crippen MR) is 93.7 cm³/mol. The second-order valence-corrected chi connectivity index (χ2v) is 5.10. The minimum Gasteiger partial charge on any atom is -0.332 e. The van der Waals surface area contributed by atoms with Crippen molar-refractivity contribution < 1.29 is 14.1 Å². The summed E-state index contributed by atoms with van der Waals surface area (Å²) in [6.07, 6.45) is 3.87. The van der Waals surface area contributed by atoms with Gasteiger partial charge in [0.25, 0.3) is 5.91 Å². The number of carbonyl (C=O) groups is 1. The van der Waals surface area contributed by atoms with Crippen LogP contribution in [0.25, 0.3) is 0 Å². The molecule has 0 radical (unpaired) electrons. The summed E-state index contributed by atoms with van der Waals surface area (Å²) in [6, 6.07) is 8.73. The Morgan fingerprint density at radius 1 is 1.11 bits per heavy atom. The summed E-state index contributed by atoms with van der Waals surface area (Å²) in [5.74, 6) is -1.69. The minimum absolute atomic E-state index is 0.00430. The smallest absolute Gasteiger partial charge is 0.332 e. The number of nitrogens with zero attached hydrogens (tertiary/aromatic N) is 4. The Morgan fingerprint density at radius 3 is 2.59 bits per heavy atom. The molecule has 11 heteroatoms. The van der Waals surface area contributed by atoms with Gasteiger partial charge in [0.15, 0.2) is 0 Å². The largest absolute Gasteiger partial charge is 0.355 e. The third-order valence-electron chi connectivity index (χ3n) is 3.35. The number of para-hydroxylation sites is 1. The molecule has 0 aliphatic heterocycles. The van der Waals surface area contributed by atoms with Crippen LogP contribution in [0.15, 0.2) is 55.1 Å². The zero-order valence-corrected chi connectivity index (χ0v) is 13.6. The summed E-state index contributed by atoms with van der Waals surface area (Å²) in [7, 11) is 0. The number of nitro groups is 1. The molecule has 2 heterocycles. The molecule has 0 saturated carbocycles. The van der Waals surface area contributed by atoms with Gasteiger partial charge in [0.1, 0.15) is 12.1 Å². The zero-order chi connectivity index (χ0) is 19.2. The van der Waals surface area contributed by atoms with E-state index in [9.17, 15) is 19.3 Å². The molecule has 10 nitrogen and oxygen atoms in total. The number of benzene rings is 1. The number of aromatic nitrogens is 3. The maximum atomic E-state index is 13.8. The third kappa shape index (κ3) is 4.10. The van der Waals surface area contributed by atoms with E-state index >= 15 is 0 Å². The number of nitrogens with one attached hydrogen (secondary N) is 3. The molecule has 136 valence electrons. The molecular formula is C16H12FN7O3. The lowest BCUT2D eigenvalue weighted by Gasteiger charge is -2.11. The summed E-state index contributed by atoms with van der Waals surface area (Å²) < 4.78 is 13.8. The van der Waals surface area contributed by atoms with E-state index in [-0.39, 0.29) is 22.9 Å². The zero-order valence-electron chi connectivity index (χ0n) is 13.6. The Kier molecular flexibility index (Phi) is 5.12. The van der Waals surface area contributed by atoms with Crippen LogP contribution >= 0.6 is 0 Å². The number of carbonyl (C=O) groups excluding carboxylic acids is 1. The van der Waals surface area contributed by atoms with Crippen molar-refractivity contribution in [2.45, 2.75) is 0 Å². The van der Waals surface area contributed by atoms with Gasteiger partial charge in [0, 0.05) is 12.4 Å². The Hall–Kier alpha value is -4.15. The average Bonchev–Trinajstić information content (AvgIpc) is 2.68. The number of anilines is 3. The van der Waals surface area contributed by atoms with Crippen LogP contribution in [0, 0.1) is 15.9 Å². The van der Waals surface area contributed by atoms with E-state index in [0.717, 1.165) is 6.33 Å². The molecule has 1 amide bonds. The van der Waals surface area contributed by atoms with Gasteiger partial charge in [-0.05, 0) is 24.3 Å². The molecule has 3 rings (SSSR count). The van der Waals surface area contributed by atoms with Crippen LogP contribution in [0.3, 0.4) is 0 Å². The normalized spacial score (nSPS) is 10.1. The van der Waals surface area contributed by atoms with Crippen LogP contribution in [0.2, 0.25) is 0 Å². The molecule has 0 saturated heterocycles. The SMILES string of the molecule is O=C(NNc1ncnc(Nc2ccccc2F)c1[N+](=O)[O-])c1cccnc1. The van der Waals surface area contributed by atoms with Crippen LogP contribution in [0.4, 0.5) is 27.4 Å². The van der Waals surface area contributed by atoms with E-state index in [1.54, 1.807) is 12.1 Å². The number of amides is 1. The molecule has 0 spiro atoms. The van der Waals surface area contributed by atoms with Crippen LogP contribution in [-0.4, -0.2) is 25.8 Å². The first-order chi connectivity index (χ1) is 13.1. The van der Waals surface area contributed by atoms with E-state index in [4.69, 9.17) is 0 Å². The molecule has 0 unspecified atom stereocenters. The monoisotopic (exact) mass is 369 g/mol. The van der Waals surface area contributed by atoms with Gasteiger partial charge in [-0.15, -0.1) is 0 Å². The number of rotatable bonds is 6. The lowest BCUT2D eigenvalue weighted by Crippen LogP contribution is -2.30.